The fraction of sp³-hybridized carbons (Fsp3) is 0.259. The Morgan fingerprint density at radius 3 is 2.44 bits per heavy atom. The van der Waals surface area contributed by atoms with Crippen molar-refractivity contribution in [1.29, 1.82) is 0 Å². The fourth-order valence-corrected chi connectivity index (χ4v) is 4.20. The predicted octanol–water partition coefficient (Wildman–Crippen LogP) is 4.07. The zero-order valence-electron chi connectivity index (χ0n) is 19.5. The maximum Gasteiger partial charge on any atom is 0.267 e. The molecule has 1 saturated heterocycles. The molecule has 7 nitrogen and oxygen atoms in total. The minimum Gasteiger partial charge on any atom is -0.490 e. The molecule has 2 aromatic carbocycles. The highest BCUT2D eigenvalue weighted by atomic mass is 19.1. The molecule has 0 saturated carbocycles. The van der Waals surface area contributed by atoms with Crippen molar-refractivity contribution in [3.05, 3.63) is 94.5 Å². The van der Waals surface area contributed by atoms with E-state index in [0.29, 0.717) is 29.8 Å². The minimum atomic E-state index is -0.708. The Balaban J connectivity index is 1.30. The van der Waals surface area contributed by atoms with E-state index in [2.05, 4.69) is 20.4 Å². The molecular formula is C27H25F2N5O2. The lowest BCUT2D eigenvalue weighted by Gasteiger charge is -2.22. The topological polar surface area (TPSA) is 81.9 Å². The second kappa shape index (κ2) is 10.7. The first-order chi connectivity index (χ1) is 17.5. The van der Waals surface area contributed by atoms with E-state index < -0.39 is 11.6 Å². The first-order valence-electron chi connectivity index (χ1n) is 11.8. The minimum absolute atomic E-state index is 0.176. The summed E-state index contributed by atoms with van der Waals surface area (Å²) in [5.74, 6) is 0.295. The van der Waals surface area contributed by atoms with E-state index in [0.717, 1.165) is 43.1 Å². The van der Waals surface area contributed by atoms with E-state index in [-0.39, 0.29) is 17.7 Å². The van der Waals surface area contributed by atoms with Gasteiger partial charge in [0.2, 0.25) is 0 Å². The molecule has 4 aromatic rings. The van der Waals surface area contributed by atoms with Gasteiger partial charge in [-0.25, -0.2) is 23.4 Å². The lowest BCUT2D eigenvalue weighted by atomic mass is 9.99. The van der Waals surface area contributed by atoms with Crippen LogP contribution in [0.4, 0.5) is 8.78 Å². The van der Waals surface area contributed by atoms with Crippen LogP contribution in [-0.4, -0.2) is 39.4 Å². The lowest BCUT2D eigenvalue weighted by Crippen LogP contribution is -2.30. The molecular weight excluding hydrogens is 464 g/mol. The Bertz CT molecular complexity index is 1380. The molecule has 0 bridgehead atoms. The van der Waals surface area contributed by atoms with Crippen molar-refractivity contribution in [1.82, 2.24) is 25.1 Å². The molecule has 0 aliphatic carbocycles. The van der Waals surface area contributed by atoms with Gasteiger partial charge < -0.3 is 10.1 Å². The van der Waals surface area contributed by atoms with Gasteiger partial charge in [-0.3, -0.25) is 4.79 Å². The number of ether oxygens (including phenoxy) is 1. The zero-order valence-corrected chi connectivity index (χ0v) is 19.5. The standard InChI is InChI=1S/C27H25F2N5O2/c28-22-11-21(12-23(29)13-22)25-4-5-26(35)34(33-25)16-19-2-1-3-20(10-19)27-31-14-24(15-32-27)36-17-18-6-8-30-9-7-18/h1-5,10-15,18,30H,6-9,16-17H2. The Hall–Kier alpha value is -3.98. The number of halogens is 2. The van der Waals surface area contributed by atoms with Crippen LogP contribution in [0.5, 0.6) is 5.75 Å². The van der Waals surface area contributed by atoms with Crippen molar-refractivity contribution in [3.8, 4) is 28.4 Å². The number of nitrogens with zero attached hydrogens (tertiary/aromatic N) is 4. The van der Waals surface area contributed by atoms with Crippen LogP contribution in [0.15, 0.2) is 71.8 Å². The van der Waals surface area contributed by atoms with E-state index in [1.807, 2.05) is 24.3 Å². The van der Waals surface area contributed by atoms with E-state index in [4.69, 9.17) is 4.74 Å². The monoisotopic (exact) mass is 489 g/mol. The third-order valence-electron chi connectivity index (χ3n) is 6.12. The summed E-state index contributed by atoms with van der Waals surface area (Å²) in [5.41, 5.74) is 1.82. The van der Waals surface area contributed by atoms with Gasteiger partial charge in [-0.1, -0.05) is 18.2 Å². The summed E-state index contributed by atoms with van der Waals surface area (Å²) in [7, 11) is 0. The lowest BCUT2D eigenvalue weighted by molar-refractivity contribution is 0.214. The van der Waals surface area contributed by atoms with Crippen molar-refractivity contribution in [2.75, 3.05) is 19.7 Å². The van der Waals surface area contributed by atoms with E-state index in [1.165, 1.54) is 28.9 Å². The normalized spacial score (nSPS) is 14.1. The van der Waals surface area contributed by atoms with Crippen molar-refractivity contribution < 1.29 is 13.5 Å². The molecule has 0 amide bonds. The van der Waals surface area contributed by atoms with Gasteiger partial charge in [-0.2, -0.15) is 5.10 Å². The Labute approximate surface area is 206 Å². The molecule has 1 fully saturated rings. The van der Waals surface area contributed by atoms with E-state index in [9.17, 15) is 13.6 Å². The highest BCUT2D eigenvalue weighted by Gasteiger charge is 2.14. The summed E-state index contributed by atoms with van der Waals surface area (Å²) in [4.78, 5) is 21.3. The largest absolute Gasteiger partial charge is 0.490 e. The van der Waals surface area contributed by atoms with E-state index in [1.54, 1.807) is 12.4 Å². The Morgan fingerprint density at radius 1 is 0.944 bits per heavy atom. The molecule has 5 rings (SSSR count). The smallest absolute Gasteiger partial charge is 0.267 e. The first-order valence-corrected chi connectivity index (χ1v) is 11.8. The van der Waals surface area contributed by atoms with Crippen LogP contribution >= 0.6 is 0 Å². The maximum atomic E-state index is 13.6. The average Bonchev–Trinajstić information content (AvgIpc) is 2.89. The van der Waals surface area contributed by atoms with Crippen LogP contribution in [0, 0.1) is 17.6 Å². The summed E-state index contributed by atoms with van der Waals surface area (Å²) < 4.78 is 34.4. The highest BCUT2D eigenvalue weighted by molar-refractivity contribution is 5.58. The summed E-state index contributed by atoms with van der Waals surface area (Å²) in [6, 6.07) is 13.4. The fourth-order valence-electron chi connectivity index (χ4n) is 4.20. The molecule has 2 aromatic heterocycles. The first kappa shape index (κ1) is 23.7. The molecule has 0 atom stereocenters. The Kier molecular flexibility index (Phi) is 7.08. The second-order valence-corrected chi connectivity index (χ2v) is 8.82. The van der Waals surface area contributed by atoms with Crippen LogP contribution in [0.2, 0.25) is 0 Å². The Morgan fingerprint density at radius 2 is 1.69 bits per heavy atom. The number of benzene rings is 2. The number of aromatic nitrogens is 4. The molecule has 184 valence electrons. The molecule has 1 aliphatic heterocycles. The third-order valence-corrected chi connectivity index (χ3v) is 6.12. The molecule has 3 heterocycles. The predicted molar refractivity (Wildman–Crippen MR) is 132 cm³/mol. The molecule has 36 heavy (non-hydrogen) atoms. The number of rotatable bonds is 7. The van der Waals surface area contributed by atoms with Crippen LogP contribution < -0.4 is 15.6 Å². The van der Waals surface area contributed by atoms with Gasteiger partial charge in [0.25, 0.3) is 5.56 Å². The summed E-state index contributed by atoms with van der Waals surface area (Å²) in [6.07, 6.45) is 5.55. The summed E-state index contributed by atoms with van der Waals surface area (Å²) in [6.45, 7) is 2.88. The zero-order chi connectivity index (χ0) is 24.9. The van der Waals surface area contributed by atoms with Crippen molar-refractivity contribution in [2.45, 2.75) is 19.4 Å². The maximum absolute atomic E-state index is 13.6. The van der Waals surface area contributed by atoms with Gasteiger partial charge in [0.05, 0.1) is 31.2 Å². The van der Waals surface area contributed by atoms with E-state index >= 15 is 0 Å². The number of hydrogen-bond acceptors (Lipinski definition) is 6. The molecule has 0 unspecified atom stereocenters. The highest BCUT2D eigenvalue weighted by Crippen LogP contribution is 2.21. The summed E-state index contributed by atoms with van der Waals surface area (Å²) in [5, 5.41) is 7.66. The third kappa shape index (κ3) is 5.80. The molecule has 0 spiro atoms. The van der Waals surface area contributed by atoms with Gasteiger partial charge in [-0.15, -0.1) is 0 Å². The van der Waals surface area contributed by atoms with Gasteiger partial charge in [0.15, 0.2) is 11.6 Å². The van der Waals surface area contributed by atoms with Gasteiger partial charge in [-0.05, 0) is 61.7 Å². The van der Waals surface area contributed by atoms with Crippen LogP contribution in [0.1, 0.15) is 18.4 Å². The van der Waals surface area contributed by atoms with Crippen LogP contribution in [-0.2, 0) is 6.54 Å². The van der Waals surface area contributed by atoms with Gasteiger partial charge in [0, 0.05) is 23.3 Å². The molecule has 9 heteroatoms. The average molecular weight is 490 g/mol. The van der Waals surface area contributed by atoms with Gasteiger partial charge >= 0.3 is 0 Å². The second-order valence-electron chi connectivity index (χ2n) is 8.82. The van der Waals surface area contributed by atoms with Crippen molar-refractivity contribution in [2.24, 2.45) is 5.92 Å². The SMILES string of the molecule is O=c1ccc(-c2cc(F)cc(F)c2)nn1Cc1cccc(-c2ncc(OCC3CCNCC3)cn2)c1. The van der Waals surface area contributed by atoms with Crippen molar-refractivity contribution in [3.63, 3.8) is 0 Å². The van der Waals surface area contributed by atoms with Crippen molar-refractivity contribution >= 4 is 0 Å². The van der Waals surface area contributed by atoms with Gasteiger partial charge in [0.1, 0.15) is 11.6 Å². The molecule has 0 radical (unpaired) electrons. The number of piperidine rings is 1. The van der Waals surface area contributed by atoms with Crippen LogP contribution in [0.3, 0.4) is 0 Å². The summed E-state index contributed by atoms with van der Waals surface area (Å²) >= 11 is 0. The quantitative estimate of drug-likeness (QED) is 0.422. The number of hydrogen-bond donors (Lipinski definition) is 1. The molecule has 1 N–H and O–H groups in total. The van der Waals surface area contributed by atoms with Crippen LogP contribution in [0.25, 0.3) is 22.6 Å². The molecule has 1 aliphatic rings. The number of nitrogens with one attached hydrogen (secondary N) is 1.